The molecule has 0 aliphatic carbocycles. The van der Waals surface area contributed by atoms with Crippen LogP contribution in [0.1, 0.15) is 40.1 Å². The zero-order chi connectivity index (χ0) is 25.5. The van der Waals surface area contributed by atoms with Crippen molar-refractivity contribution in [3.8, 4) is 17.7 Å². The van der Waals surface area contributed by atoms with Crippen LogP contribution in [0.4, 0.5) is 4.39 Å². The summed E-state index contributed by atoms with van der Waals surface area (Å²) in [4.78, 5) is 33.7. The minimum atomic E-state index is -0.518. The van der Waals surface area contributed by atoms with Crippen LogP contribution in [0, 0.1) is 23.6 Å². The lowest BCUT2D eigenvalue weighted by atomic mass is 9.99. The van der Waals surface area contributed by atoms with E-state index in [0.717, 1.165) is 0 Å². The van der Waals surface area contributed by atoms with Crippen molar-refractivity contribution in [3.05, 3.63) is 59.0 Å². The van der Waals surface area contributed by atoms with Gasteiger partial charge in [-0.05, 0) is 31.2 Å². The van der Waals surface area contributed by atoms with Crippen molar-refractivity contribution in [3.63, 3.8) is 0 Å². The Balaban J connectivity index is 1.93. The van der Waals surface area contributed by atoms with Crippen molar-refractivity contribution in [2.75, 3.05) is 40.5 Å². The fourth-order valence-corrected chi connectivity index (χ4v) is 3.79. The minimum Gasteiger partial charge on any atom is -0.472 e. The molecule has 0 unspecified atom stereocenters. The van der Waals surface area contributed by atoms with Crippen LogP contribution in [-0.2, 0) is 4.74 Å². The molecule has 1 aromatic carbocycles. The number of methoxy groups -OCH3 is 1. The Morgan fingerprint density at radius 2 is 2.20 bits per heavy atom. The van der Waals surface area contributed by atoms with E-state index in [1.165, 1.54) is 36.4 Å². The standard InChI is InChI=1S/C26H30FN3O5/c1-17-14-30(18(2)16-31)26(33)22-11-19(7-6-10-34-4)13-28-24(22)35-23(17)15-29(3)25(32)20-8-5-9-21(27)12-20/h5,8-9,11-13,17-18,23,31H,10,14-16H2,1-4H3/t17-,18+,23+/m0/s1. The highest BCUT2D eigenvalue weighted by Crippen LogP contribution is 2.27. The van der Waals surface area contributed by atoms with E-state index in [-0.39, 0.29) is 54.5 Å². The Morgan fingerprint density at radius 3 is 2.89 bits per heavy atom. The minimum absolute atomic E-state index is 0.130. The monoisotopic (exact) mass is 483 g/mol. The van der Waals surface area contributed by atoms with Crippen LogP contribution in [0.3, 0.4) is 0 Å². The van der Waals surface area contributed by atoms with E-state index >= 15 is 0 Å². The Morgan fingerprint density at radius 1 is 1.43 bits per heavy atom. The largest absolute Gasteiger partial charge is 0.472 e. The van der Waals surface area contributed by atoms with Crippen molar-refractivity contribution in [2.24, 2.45) is 5.92 Å². The summed E-state index contributed by atoms with van der Waals surface area (Å²) >= 11 is 0. The summed E-state index contributed by atoms with van der Waals surface area (Å²) in [5.41, 5.74) is 0.984. The summed E-state index contributed by atoms with van der Waals surface area (Å²) < 4.78 is 24.7. The molecule has 2 heterocycles. The molecule has 1 N–H and O–H groups in total. The number of hydrogen-bond donors (Lipinski definition) is 1. The molecular weight excluding hydrogens is 453 g/mol. The number of benzene rings is 1. The average molecular weight is 484 g/mol. The van der Waals surface area contributed by atoms with Gasteiger partial charge >= 0.3 is 0 Å². The van der Waals surface area contributed by atoms with E-state index in [2.05, 4.69) is 16.8 Å². The molecule has 3 rings (SSSR count). The number of halogens is 1. The molecule has 2 aromatic rings. The molecule has 9 heteroatoms. The number of aliphatic hydroxyl groups excluding tert-OH is 1. The highest BCUT2D eigenvalue weighted by molar-refractivity contribution is 5.97. The van der Waals surface area contributed by atoms with E-state index in [1.807, 2.05) is 6.92 Å². The zero-order valence-electron chi connectivity index (χ0n) is 20.3. The molecule has 3 atom stereocenters. The van der Waals surface area contributed by atoms with Gasteiger partial charge in [0.25, 0.3) is 11.8 Å². The van der Waals surface area contributed by atoms with Crippen molar-refractivity contribution in [1.29, 1.82) is 0 Å². The van der Waals surface area contributed by atoms with E-state index in [4.69, 9.17) is 9.47 Å². The number of ether oxygens (including phenoxy) is 2. The molecule has 0 saturated carbocycles. The van der Waals surface area contributed by atoms with Crippen LogP contribution in [0.5, 0.6) is 5.88 Å². The fraction of sp³-hybridized carbons (Fsp3) is 0.423. The fourth-order valence-electron chi connectivity index (χ4n) is 3.79. The second kappa shape index (κ2) is 11.8. The summed E-state index contributed by atoms with van der Waals surface area (Å²) in [6.07, 6.45) is 0.996. The molecule has 0 spiro atoms. The number of fused-ring (bicyclic) bond motifs is 1. The third kappa shape index (κ3) is 6.35. The van der Waals surface area contributed by atoms with Gasteiger partial charge < -0.3 is 24.4 Å². The quantitative estimate of drug-likeness (QED) is 0.634. The van der Waals surface area contributed by atoms with Crippen LogP contribution in [-0.4, -0.2) is 84.3 Å². The number of carbonyl (C=O) groups excluding carboxylic acids is 2. The Kier molecular flexibility index (Phi) is 8.79. The second-order valence-electron chi connectivity index (χ2n) is 8.63. The molecule has 1 aliphatic rings. The number of aromatic nitrogens is 1. The number of aliphatic hydroxyl groups is 1. The van der Waals surface area contributed by atoms with Crippen molar-refractivity contribution in [2.45, 2.75) is 26.0 Å². The molecule has 1 aromatic heterocycles. The first-order valence-corrected chi connectivity index (χ1v) is 11.3. The number of amides is 2. The number of pyridine rings is 1. The Labute approximate surface area is 204 Å². The molecular formula is C26H30FN3O5. The maximum atomic E-state index is 13.6. The van der Waals surface area contributed by atoms with Crippen molar-refractivity contribution in [1.82, 2.24) is 14.8 Å². The molecule has 0 saturated heterocycles. The van der Waals surface area contributed by atoms with Gasteiger partial charge in [0.05, 0.1) is 19.2 Å². The summed E-state index contributed by atoms with van der Waals surface area (Å²) in [5, 5.41) is 9.77. The predicted octanol–water partition coefficient (Wildman–Crippen LogP) is 2.21. The third-order valence-corrected chi connectivity index (χ3v) is 5.84. The molecule has 0 fully saturated rings. The first kappa shape index (κ1) is 26.1. The highest BCUT2D eigenvalue weighted by atomic mass is 19.1. The Hall–Kier alpha value is -3.48. The van der Waals surface area contributed by atoms with Crippen LogP contribution < -0.4 is 4.74 Å². The van der Waals surface area contributed by atoms with Gasteiger partial charge in [0.15, 0.2) is 0 Å². The van der Waals surface area contributed by atoms with Crippen LogP contribution in [0.25, 0.3) is 0 Å². The summed E-state index contributed by atoms with van der Waals surface area (Å²) in [7, 11) is 3.15. The Bertz CT molecular complexity index is 1130. The van der Waals surface area contributed by atoms with E-state index in [0.29, 0.717) is 12.1 Å². The summed E-state index contributed by atoms with van der Waals surface area (Å²) in [5.74, 6) is 4.50. The van der Waals surface area contributed by atoms with Gasteiger partial charge in [-0.2, -0.15) is 0 Å². The summed E-state index contributed by atoms with van der Waals surface area (Å²) in [6.45, 7) is 4.18. The smallest absolute Gasteiger partial charge is 0.259 e. The van der Waals surface area contributed by atoms with Crippen LogP contribution >= 0.6 is 0 Å². The van der Waals surface area contributed by atoms with Gasteiger partial charge in [-0.1, -0.05) is 24.8 Å². The molecule has 35 heavy (non-hydrogen) atoms. The van der Waals surface area contributed by atoms with Gasteiger partial charge in [0.1, 0.15) is 24.1 Å². The zero-order valence-corrected chi connectivity index (χ0v) is 20.3. The van der Waals surface area contributed by atoms with Crippen LogP contribution in [0.2, 0.25) is 0 Å². The average Bonchev–Trinajstić information content (AvgIpc) is 2.85. The normalized spacial score (nSPS) is 18.3. The van der Waals surface area contributed by atoms with Gasteiger partial charge in [-0.25, -0.2) is 9.37 Å². The van der Waals surface area contributed by atoms with Crippen molar-refractivity contribution >= 4 is 11.8 Å². The lowest BCUT2D eigenvalue weighted by Crippen LogP contribution is -2.50. The molecule has 0 bridgehead atoms. The van der Waals surface area contributed by atoms with E-state index < -0.39 is 18.0 Å². The van der Waals surface area contributed by atoms with Crippen LogP contribution in [0.15, 0.2) is 36.5 Å². The highest BCUT2D eigenvalue weighted by Gasteiger charge is 2.34. The van der Waals surface area contributed by atoms with Gasteiger partial charge in [0, 0.05) is 43.9 Å². The predicted molar refractivity (Wildman–Crippen MR) is 128 cm³/mol. The molecule has 0 radical (unpaired) electrons. The van der Waals surface area contributed by atoms with E-state index in [1.54, 1.807) is 31.0 Å². The lowest BCUT2D eigenvalue weighted by Gasteiger charge is -2.37. The summed E-state index contributed by atoms with van der Waals surface area (Å²) in [6, 6.07) is 6.68. The number of likely N-dealkylation sites (N-methyl/N-ethyl adjacent to an activating group) is 1. The van der Waals surface area contributed by atoms with E-state index in [9.17, 15) is 19.1 Å². The maximum Gasteiger partial charge on any atom is 0.259 e. The van der Waals surface area contributed by atoms with Gasteiger partial charge in [0.2, 0.25) is 5.88 Å². The lowest BCUT2D eigenvalue weighted by molar-refractivity contribution is 0.0313. The maximum absolute atomic E-state index is 13.6. The molecule has 186 valence electrons. The second-order valence-corrected chi connectivity index (χ2v) is 8.63. The number of rotatable bonds is 6. The number of carbonyl (C=O) groups is 2. The number of nitrogens with zero attached hydrogens (tertiary/aromatic N) is 3. The van der Waals surface area contributed by atoms with Gasteiger partial charge in [-0.15, -0.1) is 0 Å². The molecule has 1 aliphatic heterocycles. The number of hydrogen-bond acceptors (Lipinski definition) is 6. The molecule has 8 nitrogen and oxygen atoms in total. The SMILES string of the molecule is COCC#Cc1cnc2c(c1)C(=O)N([C@H](C)CO)C[C@H](C)[C@@H](CN(C)C(=O)c1cccc(F)c1)O2. The first-order chi connectivity index (χ1) is 16.7. The topological polar surface area (TPSA) is 92.2 Å². The first-order valence-electron chi connectivity index (χ1n) is 11.3. The molecule has 2 amide bonds. The van der Waals surface area contributed by atoms with Crippen molar-refractivity contribution < 1.29 is 28.6 Å². The third-order valence-electron chi connectivity index (χ3n) is 5.84. The van der Waals surface area contributed by atoms with Gasteiger partial charge in [-0.3, -0.25) is 9.59 Å².